The summed E-state index contributed by atoms with van der Waals surface area (Å²) in [6.07, 6.45) is 4.71. The molecule has 0 aliphatic heterocycles. The summed E-state index contributed by atoms with van der Waals surface area (Å²) in [7, 11) is -1.38. The lowest BCUT2D eigenvalue weighted by atomic mass is 9.83. The van der Waals surface area contributed by atoms with Gasteiger partial charge in [-0.25, -0.2) is 0 Å². The van der Waals surface area contributed by atoms with Crippen molar-refractivity contribution in [2.45, 2.75) is 58.4 Å². The highest BCUT2D eigenvalue weighted by atomic mass is 28.3. The minimum Gasteiger partial charge on any atom is -0.460 e. The lowest BCUT2D eigenvalue weighted by Gasteiger charge is -2.24. The summed E-state index contributed by atoms with van der Waals surface area (Å²) in [4.78, 5) is 12.6. The van der Waals surface area contributed by atoms with E-state index < -0.39 is 8.07 Å². The van der Waals surface area contributed by atoms with Gasteiger partial charge in [0, 0.05) is 6.42 Å². The summed E-state index contributed by atoms with van der Waals surface area (Å²) >= 11 is 0. The molecule has 2 nitrogen and oxygen atoms in total. The number of carbonyl (C=O) groups is 1. The van der Waals surface area contributed by atoms with Gasteiger partial charge in [0.1, 0.15) is 14.7 Å². The van der Waals surface area contributed by atoms with Gasteiger partial charge in [-0.2, -0.15) is 0 Å². The number of hydrogen-bond donors (Lipinski definition) is 0. The van der Waals surface area contributed by atoms with Crippen molar-refractivity contribution < 1.29 is 9.53 Å². The molecule has 1 aromatic rings. The third-order valence-corrected chi connectivity index (χ3v) is 5.02. The molecule has 118 valence electrons. The predicted molar refractivity (Wildman–Crippen MR) is 92.9 cm³/mol. The van der Waals surface area contributed by atoms with Crippen LogP contribution < -0.4 is 0 Å². The Morgan fingerprint density at radius 3 is 2.41 bits per heavy atom. The maximum Gasteiger partial charge on any atom is 0.313 e. The minimum atomic E-state index is -1.38. The van der Waals surface area contributed by atoms with Crippen molar-refractivity contribution in [3.05, 3.63) is 35.9 Å². The van der Waals surface area contributed by atoms with Crippen LogP contribution in [0.3, 0.4) is 0 Å². The van der Waals surface area contributed by atoms with E-state index in [4.69, 9.17) is 4.74 Å². The highest BCUT2D eigenvalue weighted by molar-refractivity contribution is 6.83. The van der Waals surface area contributed by atoms with Gasteiger partial charge in [0.05, 0.1) is 5.41 Å². The summed E-state index contributed by atoms with van der Waals surface area (Å²) in [6, 6.07) is 9.87. The van der Waals surface area contributed by atoms with Gasteiger partial charge < -0.3 is 4.74 Å². The summed E-state index contributed by atoms with van der Waals surface area (Å²) in [5.41, 5.74) is 4.06. The summed E-state index contributed by atoms with van der Waals surface area (Å²) in [5.74, 6) is 3.24. The zero-order valence-electron chi connectivity index (χ0n) is 13.9. The standard InChI is InChI=1S/C19H26O2Si/c1-22(2,3)15-9-14-19(12-7-8-13-19)18(20)21-16-17-10-5-4-6-11-17/h4-6,10-11H,7-8,12-14,16H2,1-3H3. The molecule has 1 fully saturated rings. The van der Waals surface area contributed by atoms with Crippen molar-refractivity contribution >= 4 is 14.0 Å². The van der Waals surface area contributed by atoms with Crippen molar-refractivity contribution in [1.29, 1.82) is 0 Å². The van der Waals surface area contributed by atoms with E-state index in [9.17, 15) is 4.79 Å². The fraction of sp³-hybridized carbons (Fsp3) is 0.526. The van der Waals surface area contributed by atoms with Crippen LogP contribution in [-0.4, -0.2) is 14.0 Å². The molecule has 0 N–H and O–H groups in total. The van der Waals surface area contributed by atoms with E-state index in [-0.39, 0.29) is 11.4 Å². The van der Waals surface area contributed by atoms with Gasteiger partial charge in [0.15, 0.2) is 0 Å². The van der Waals surface area contributed by atoms with E-state index in [1.807, 2.05) is 30.3 Å². The first kappa shape index (κ1) is 16.8. The van der Waals surface area contributed by atoms with Crippen molar-refractivity contribution in [2.75, 3.05) is 0 Å². The maximum atomic E-state index is 12.6. The fourth-order valence-electron chi connectivity index (χ4n) is 2.86. The zero-order chi connectivity index (χ0) is 16.1. The molecular weight excluding hydrogens is 288 g/mol. The Labute approximate surface area is 135 Å². The molecule has 0 bridgehead atoms. The molecule has 1 aromatic carbocycles. The Morgan fingerprint density at radius 2 is 1.82 bits per heavy atom. The van der Waals surface area contributed by atoms with E-state index in [1.165, 1.54) is 0 Å². The molecule has 0 amide bonds. The largest absolute Gasteiger partial charge is 0.460 e. The van der Waals surface area contributed by atoms with Crippen molar-refractivity contribution in [3.63, 3.8) is 0 Å². The first-order valence-electron chi connectivity index (χ1n) is 8.13. The Hall–Kier alpha value is -1.53. The summed E-state index contributed by atoms with van der Waals surface area (Å²) in [5, 5.41) is 0. The van der Waals surface area contributed by atoms with E-state index in [1.54, 1.807) is 0 Å². The van der Waals surface area contributed by atoms with Crippen molar-refractivity contribution in [1.82, 2.24) is 0 Å². The molecule has 2 rings (SSSR count). The second-order valence-electron chi connectivity index (χ2n) is 7.28. The number of rotatable bonds is 4. The number of benzene rings is 1. The molecule has 1 saturated carbocycles. The molecule has 0 saturated heterocycles. The molecule has 0 atom stereocenters. The van der Waals surface area contributed by atoms with Crippen LogP contribution in [0, 0.1) is 16.9 Å². The summed E-state index contributed by atoms with van der Waals surface area (Å²) < 4.78 is 5.60. The molecule has 0 heterocycles. The molecule has 0 aromatic heterocycles. The monoisotopic (exact) mass is 314 g/mol. The number of hydrogen-bond acceptors (Lipinski definition) is 2. The van der Waals surface area contributed by atoms with Crippen LogP contribution in [0.25, 0.3) is 0 Å². The van der Waals surface area contributed by atoms with Gasteiger partial charge in [-0.05, 0) is 18.4 Å². The Kier molecular flexibility index (Phi) is 5.47. The number of esters is 1. The van der Waals surface area contributed by atoms with Gasteiger partial charge >= 0.3 is 5.97 Å². The van der Waals surface area contributed by atoms with Crippen molar-refractivity contribution in [2.24, 2.45) is 5.41 Å². The van der Waals surface area contributed by atoms with Crippen LogP contribution in [-0.2, 0) is 16.1 Å². The SMILES string of the molecule is C[Si](C)(C)C#CCC1(C(=O)OCc2ccccc2)CCCC1. The topological polar surface area (TPSA) is 26.3 Å². The first-order chi connectivity index (χ1) is 10.4. The van der Waals surface area contributed by atoms with Gasteiger partial charge in [-0.15, -0.1) is 11.5 Å². The smallest absolute Gasteiger partial charge is 0.313 e. The van der Waals surface area contributed by atoms with Gasteiger partial charge in [0.2, 0.25) is 0 Å². The molecule has 1 aliphatic carbocycles. The molecule has 0 unspecified atom stereocenters. The highest BCUT2D eigenvalue weighted by Crippen LogP contribution is 2.42. The maximum absolute atomic E-state index is 12.6. The average molecular weight is 315 g/mol. The van der Waals surface area contributed by atoms with Crippen LogP contribution in [0.15, 0.2) is 30.3 Å². The predicted octanol–water partition coefficient (Wildman–Crippen LogP) is 4.56. The second-order valence-corrected chi connectivity index (χ2v) is 12.0. The number of carbonyl (C=O) groups excluding carboxylic acids is 1. The quantitative estimate of drug-likeness (QED) is 0.462. The molecule has 1 aliphatic rings. The molecule has 0 radical (unpaired) electrons. The van der Waals surface area contributed by atoms with Crippen LogP contribution >= 0.6 is 0 Å². The van der Waals surface area contributed by atoms with E-state index in [0.29, 0.717) is 13.0 Å². The highest BCUT2D eigenvalue weighted by Gasteiger charge is 2.42. The Balaban J connectivity index is 2.00. The van der Waals surface area contributed by atoms with Crippen molar-refractivity contribution in [3.8, 4) is 11.5 Å². The van der Waals surface area contributed by atoms with E-state index >= 15 is 0 Å². The summed E-state index contributed by atoms with van der Waals surface area (Å²) in [6.45, 7) is 7.06. The third-order valence-electron chi connectivity index (χ3n) is 4.10. The van der Waals surface area contributed by atoms with E-state index in [2.05, 4.69) is 31.1 Å². The zero-order valence-corrected chi connectivity index (χ0v) is 14.9. The second kappa shape index (κ2) is 7.15. The fourth-order valence-corrected chi connectivity index (χ4v) is 3.48. The molecule has 0 spiro atoms. The van der Waals surface area contributed by atoms with Crippen LogP contribution in [0.2, 0.25) is 19.6 Å². The lowest BCUT2D eigenvalue weighted by Crippen LogP contribution is -2.30. The van der Waals surface area contributed by atoms with E-state index in [0.717, 1.165) is 31.2 Å². The first-order valence-corrected chi connectivity index (χ1v) is 11.6. The Bertz CT molecular complexity index is 555. The van der Waals surface area contributed by atoms with Crippen LogP contribution in [0.1, 0.15) is 37.7 Å². The minimum absolute atomic E-state index is 0.0567. The van der Waals surface area contributed by atoms with Crippen LogP contribution in [0.5, 0.6) is 0 Å². The van der Waals surface area contributed by atoms with Gasteiger partial charge in [0.25, 0.3) is 0 Å². The molecular formula is C19H26O2Si. The van der Waals surface area contributed by atoms with Gasteiger partial charge in [-0.3, -0.25) is 4.79 Å². The number of ether oxygens (including phenoxy) is 1. The van der Waals surface area contributed by atoms with Gasteiger partial charge in [-0.1, -0.05) is 62.8 Å². The average Bonchev–Trinajstić information content (AvgIpc) is 2.94. The normalized spacial score (nSPS) is 16.7. The molecule has 22 heavy (non-hydrogen) atoms. The lowest BCUT2D eigenvalue weighted by molar-refractivity contribution is -0.156. The third kappa shape index (κ3) is 4.74. The van der Waals surface area contributed by atoms with Crippen LogP contribution in [0.4, 0.5) is 0 Å². The Morgan fingerprint density at radius 1 is 1.18 bits per heavy atom. The molecule has 3 heteroatoms.